The van der Waals surface area contributed by atoms with Crippen LogP contribution in [0.4, 0.5) is 5.69 Å². The predicted octanol–water partition coefficient (Wildman–Crippen LogP) is 2.90. The molecule has 2 aromatic rings. The number of nitrogens with one attached hydrogen (secondary N) is 2. The third kappa shape index (κ3) is 4.61. The Morgan fingerprint density at radius 2 is 1.76 bits per heavy atom. The number of hydrogen-bond donors (Lipinski definition) is 2. The van der Waals surface area contributed by atoms with Crippen LogP contribution in [0.2, 0.25) is 5.02 Å². The first-order chi connectivity index (χ1) is 10.0. The average molecular weight is 303 g/mol. The Balaban J connectivity index is 1.88. The quantitative estimate of drug-likeness (QED) is 0.857. The first-order valence-corrected chi connectivity index (χ1v) is 6.83. The summed E-state index contributed by atoms with van der Waals surface area (Å²) in [4.78, 5) is 23.5. The number of aryl methyl sites for hydroxylation is 1. The molecule has 0 saturated heterocycles. The Bertz CT molecular complexity index is 654. The van der Waals surface area contributed by atoms with Crippen LogP contribution < -0.4 is 10.6 Å². The van der Waals surface area contributed by atoms with Gasteiger partial charge in [0, 0.05) is 17.3 Å². The van der Waals surface area contributed by atoms with Crippen molar-refractivity contribution < 1.29 is 9.59 Å². The number of rotatable bonds is 3. The van der Waals surface area contributed by atoms with Crippen LogP contribution in [-0.4, -0.2) is 11.8 Å². The fourth-order valence-corrected chi connectivity index (χ4v) is 1.90. The fourth-order valence-electron chi connectivity index (χ4n) is 1.78. The molecule has 5 heteroatoms. The number of halogens is 1. The van der Waals surface area contributed by atoms with Crippen LogP contribution in [0.5, 0.6) is 0 Å². The molecule has 0 aliphatic rings. The maximum absolute atomic E-state index is 11.8. The lowest BCUT2D eigenvalue weighted by Crippen LogP contribution is -2.34. The van der Waals surface area contributed by atoms with Gasteiger partial charge in [0.25, 0.3) is 0 Å². The summed E-state index contributed by atoms with van der Waals surface area (Å²) in [5, 5.41) is 5.74. The second-order valence-corrected chi connectivity index (χ2v) is 5.07. The molecule has 21 heavy (non-hydrogen) atoms. The van der Waals surface area contributed by atoms with E-state index in [-0.39, 0.29) is 6.54 Å². The lowest BCUT2D eigenvalue weighted by molar-refractivity contribution is -0.136. The fraction of sp³-hybridized carbons (Fsp3) is 0.125. The molecule has 0 aromatic heterocycles. The first kappa shape index (κ1) is 15.1. The maximum Gasteiger partial charge on any atom is 0.313 e. The second-order valence-electron chi connectivity index (χ2n) is 4.63. The largest absolute Gasteiger partial charge is 0.344 e. The Morgan fingerprint density at radius 1 is 1.05 bits per heavy atom. The zero-order valence-electron chi connectivity index (χ0n) is 11.5. The molecule has 0 radical (unpaired) electrons. The normalized spacial score (nSPS) is 10.0. The summed E-state index contributed by atoms with van der Waals surface area (Å²) >= 11 is 5.78. The maximum atomic E-state index is 11.8. The number of amides is 2. The van der Waals surface area contributed by atoms with Gasteiger partial charge in [-0.15, -0.1) is 0 Å². The van der Waals surface area contributed by atoms with Crippen LogP contribution in [0.3, 0.4) is 0 Å². The highest BCUT2D eigenvalue weighted by molar-refractivity contribution is 6.39. The van der Waals surface area contributed by atoms with Gasteiger partial charge in [-0.2, -0.15) is 0 Å². The van der Waals surface area contributed by atoms with Crippen molar-refractivity contribution >= 4 is 29.1 Å². The molecule has 0 aliphatic carbocycles. The SMILES string of the molecule is Cc1cccc(NC(=O)C(=O)NCc2ccc(Cl)cc2)c1. The molecule has 0 aliphatic heterocycles. The Kier molecular flexibility index (Phi) is 4.95. The van der Waals surface area contributed by atoms with E-state index in [4.69, 9.17) is 11.6 Å². The Labute approximate surface area is 128 Å². The molecule has 0 fully saturated rings. The van der Waals surface area contributed by atoms with Gasteiger partial charge >= 0.3 is 11.8 Å². The summed E-state index contributed by atoms with van der Waals surface area (Å²) in [5.41, 5.74) is 2.48. The van der Waals surface area contributed by atoms with Crippen molar-refractivity contribution in [3.63, 3.8) is 0 Å². The van der Waals surface area contributed by atoms with E-state index in [9.17, 15) is 9.59 Å². The molecule has 2 rings (SSSR count). The monoisotopic (exact) mass is 302 g/mol. The van der Waals surface area contributed by atoms with Gasteiger partial charge in [-0.3, -0.25) is 9.59 Å². The molecule has 2 aromatic carbocycles. The van der Waals surface area contributed by atoms with Crippen molar-refractivity contribution in [1.82, 2.24) is 5.32 Å². The molecular formula is C16H15ClN2O2. The molecule has 0 unspecified atom stereocenters. The first-order valence-electron chi connectivity index (χ1n) is 6.45. The lowest BCUT2D eigenvalue weighted by Gasteiger charge is -2.07. The zero-order chi connectivity index (χ0) is 15.2. The standard InChI is InChI=1S/C16H15ClN2O2/c1-11-3-2-4-14(9-11)19-16(21)15(20)18-10-12-5-7-13(17)8-6-12/h2-9H,10H2,1H3,(H,18,20)(H,19,21). The number of carbonyl (C=O) groups excluding carboxylic acids is 2. The molecule has 0 spiro atoms. The van der Waals surface area contributed by atoms with E-state index in [1.54, 1.807) is 36.4 Å². The van der Waals surface area contributed by atoms with Crippen LogP contribution in [0.1, 0.15) is 11.1 Å². The van der Waals surface area contributed by atoms with E-state index in [0.717, 1.165) is 11.1 Å². The molecule has 2 N–H and O–H groups in total. The topological polar surface area (TPSA) is 58.2 Å². The lowest BCUT2D eigenvalue weighted by atomic mass is 10.2. The minimum absolute atomic E-state index is 0.275. The van der Waals surface area contributed by atoms with Crippen molar-refractivity contribution in [2.75, 3.05) is 5.32 Å². The van der Waals surface area contributed by atoms with Crippen molar-refractivity contribution in [3.8, 4) is 0 Å². The molecule has 2 amide bonds. The molecule has 0 heterocycles. The minimum atomic E-state index is -0.686. The highest BCUT2D eigenvalue weighted by atomic mass is 35.5. The van der Waals surface area contributed by atoms with Gasteiger partial charge in [0.2, 0.25) is 0 Å². The summed E-state index contributed by atoms with van der Waals surface area (Å²) in [6, 6.07) is 14.3. The molecule has 108 valence electrons. The van der Waals surface area contributed by atoms with Crippen molar-refractivity contribution in [1.29, 1.82) is 0 Å². The molecule has 0 atom stereocenters. The third-order valence-electron chi connectivity index (χ3n) is 2.85. The number of carbonyl (C=O) groups is 2. The van der Waals surface area contributed by atoms with E-state index < -0.39 is 11.8 Å². The Morgan fingerprint density at radius 3 is 2.43 bits per heavy atom. The molecule has 0 saturated carbocycles. The zero-order valence-corrected chi connectivity index (χ0v) is 12.3. The van der Waals surface area contributed by atoms with Gasteiger partial charge in [0.15, 0.2) is 0 Å². The van der Waals surface area contributed by atoms with E-state index in [2.05, 4.69) is 10.6 Å². The Hall–Kier alpha value is -2.33. The van der Waals surface area contributed by atoms with Crippen molar-refractivity contribution in [2.45, 2.75) is 13.5 Å². The molecule has 0 bridgehead atoms. The summed E-state index contributed by atoms with van der Waals surface area (Å²) in [6.45, 7) is 2.19. The van der Waals surface area contributed by atoms with Crippen LogP contribution in [0, 0.1) is 6.92 Å². The van der Waals surface area contributed by atoms with E-state index in [1.807, 2.05) is 19.1 Å². The minimum Gasteiger partial charge on any atom is -0.344 e. The third-order valence-corrected chi connectivity index (χ3v) is 3.10. The average Bonchev–Trinajstić information content (AvgIpc) is 2.46. The van der Waals surface area contributed by atoms with E-state index in [1.165, 1.54) is 0 Å². The summed E-state index contributed by atoms with van der Waals surface area (Å²) in [6.07, 6.45) is 0. The van der Waals surface area contributed by atoms with Crippen LogP contribution in [0.15, 0.2) is 48.5 Å². The van der Waals surface area contributed by atoms with Gasteiger partial charge in [0.05, 0.1) is 0 Å². The highest BCUT2D eigenvalue weighted by Gasteiger charge is 2.13. The van der Waals surface area contributed by atoms with Gasteiger partial charge in [0.1, 0.15) is 0 Å². The number of anilines is 1. The van der Waals surface area contributed by atoms with Gasteiger partial charge < -0.3 is 10.6 Å². The van der Waals surface area contributed by atoms with Crippen LogP contribution >= 0.6 is 11.6 Å². The smallest absolute Gasteiger partial charge is 0.313 e. The van der Waals surface area contributed by atoms with Crippen molar-refractivity contribution in [3.05, 3.63) is 64.7 Å². The van der Waals surface area contributed by atoms with Crippen molar-refractivity contribution in [2.24, 2.45) is 0 Å². The van der Waals surface area contributed by atoms with E-state index >= 15 is 0 Å². The van der Waals surface area contributed by atoms with E-state index in [0.29, 0.717) is 10.7 Å². The van der Waals surface area contributed by atoms with Crippen LogP contribution in [-0.2, 0) is 16.1 Å². The molecular weight excluding hydrogens is 288 g/mol. The summed E-state index contributed by atoms with van der Waals surface area (Å²) < 4.78 is 0. The second kappa shape index (κ2) is 6.90. The number of hydrogen-bond acceptors (Lipinski definition) is 2. The predicted molar refractivity (Wildman–Crippen MR) is 83.1 cm³/mol. The van der Waals surface area contributed by atoms with Gasteiger partial charge in [-0.1, -0.05) is 35.9 Å². The molecule has 4 nitrogen and oxygen atoms in total. The van der Waals surface area contributed by atoms with Gasteiger partial charge in [-0.25, -0.2) is 0 Å². The summed E-state index contributed by atoms with van der Waals surface area (Å²) in [5.74, 6) is -1.36. The highest BCUT2D eigenvalue weighted by Crippen LogP contribution is 2.10. The van der Waals surface area contributed by atoms with Gasteiger partial charge in [-0.05, 0) is 42.3 Å². The number of benzene rings is 2. The van der Waals surface area contributed by atoms with Crippen LogP contribution in [0.25, 0.3) is 0 Å². The summed E-state index contributed by atoms with van der Waals surface area (Å²) in [7, 11) is 0.